The molecule has 1 saturated heterocycles. The summed E-state index contributed by atoms with van der Waals surface area (Å²) in [6, 6.07) is 15.0. The van der Waals surface area contributed by atoms with Crippen molar-refractivity contribution in [2.75, 3.05) is 31.1 Å². The lowest BCUT2D eigenvalue weighted by molar-refractivity contribution is -0.307. The summed E-state index contributed by atoms with van der Waals surface area (Å²) in [4.78, 5) is 9.47. The van der Waals surface area contributed by atoms with E-state index in [9.17, 15) is 5.11 Å². The maximum atomic E-state index is 12.0. The van der Waals surface area contributed by atoms with Crippen LogP contribution in [0.1, 0.15) is 45.7 Å². The first-order chi connectivity index (χ1) is 13.7. The molecule has 1 aliphatic carbocycles. The molecule has 2 aromatic rings. The third-order valence-electron chi connectivity index (χ3n) is 7.66. The zero-order valence-corrected chi connectivity index (χ0v) is 18.5. The van der Waals surface area contributed by atoms with Crippen LogP contribution in [0.25, 0.3) is 0 Å². The Morgan fingerprint density at radius 2 is 1.55 bits per heavy atom. The number of benzene rings is 1. The second kappa shape index (κ2) is 7.10. The predicted molar refractivity (Wildman–Crippen MR) is 119 cm³/mol. The van der Waals surface area contributed by atoms with E-state index >= 15 is 0 Å². The summed E-state index contributed by atoms with van der Waals surface area (Å²) in [5.41, 5.74) is 1.08. The van der Waals surface area contributed by atoms with Gasteiger partial charge in [-0.05, 0) is 29.7 Å². The highest BCUT2D eigenvalue weighted by Gasteiger charge is 2.73. The number of hydrogen-bond donors (Lipinski definition) is 1. The van der Waals surface area contributed by atoms with E-state index in [4.69, 9.17) is 0 Å². The second-order valence-electron chi connectivity index (χ2n) is 9.82. The number of nitrogens with zero attached hydrogens (tertiary/aromatic N) is 3. The van der Waals surface area contributed by atoms with Crippen LogP contribution in [0.4, 0.5) is 5.82 Å². The molecule has 1 N–H and O–H groups in total. The fraction of sp³-hybridized carbons (Fsp3) is 0.560. The summed E-state index contributed by atoms with van der Waals surface area (Å²) in [7, 11) is 0. The van der Waals surface area contributed by atoms with Gasteiger partial charge in [0.15, 0.2) is 0 Å². The van der Waals surface area contributed by atoms with Crippen LogP contribution in [0.15, 0.2) is 48.7 Å². The predicted octanol–water partition coefficient (Wildman–Crippen LogP) is 4.09. The van der Waals surface area contributed by atoms with Crippen molar-refractivity contribution in [3.63, 3.8) is 0 Å². The fourth-order valence-electron chi connectivity index (χ4n) is 6.44. The molecular weight excluding hydrogens is 358 g/mol. The number of rotatable bonds is 4. The molecule has 0 radical (unpaired) electrons. The Kier molecular flexibility index (Phi) is 4.99. The molecule has 1 aromatic heterocycles. The van der Waals surface area contributed by atoms with Crippen molar-refractivity contribution in [3.05, 3.63) is 59.8 Å². The van der Waals surface area contributed by atoms with E-state index in [1.54, 1.807) is 0 Å². The van der Waals surface area contributed by atoms with Gasteiger partial charge < -0.3 is 10.0 Å². The molecule has 4 nitrogen and oxygen atoms in total. The topological polar surface area (TPSA) is 39.6 Å². The highest BCUT2D eigenvalue weighted by atomic mass is 16.3. The van der Waals surface area contributed by atoms with E-state index in [0.717, 1.165) is 44.0 Å². The van der Waals surface area contributed by atoms with Crippen molar-refractivity contribution in [1.82, 2.24) is 9.88 Å². The molecule has 4 rings (SSSR count). The molecule has 0 unspecified atom stereocenters. The number of hydrogen-bond acceptors (Lipinski definition) is 4. The summed E-state index contributed by atoms with van der Waals surface area (Å²) < 4.78 is 0. The lowest BCUT2D eigenvalue weighted by Crippen LogP contribution is -2.79. The molecule has 0 spiro atoms. The van der Waals surface area contributed by atoms with Crippen molar-refractivity contribution in [2.24, 2.45) is 10.8 Å². The van der Waals surface area contributed by atoms with Crippen molar-refractivity contribution in [3.8, 4) is 0 Å². The molecule has 2 fully saturated rings. The van der Waals surface area contributed by atoms with E-state index in [1.165, 1.54) is 5.56 Å². The number of pyridine rings is 1. The van der Waals surface area contributed by atoms with E-state index in [-0.39, 0.29) is 10.8 Å². The van der Waals surface area contributed by atoms with Gasteiger partial charge in [0, 0.05) is 49.2 Å². The molecule has 2 heterocycles. The third-order valence-corrected chi connectivity index (χ3v) is 7.66. The first-order valence-electron chi connectivity index (χ1n) is 11.0. The molecule has 156 valence electrons. The van der Waals surface area contributed by atoms with Gasteiger partial charge in [0.05, 0.1) is 0 Å². The third kappa shape index (κ3) is 2.91. The summed E-state index contributed by atoms with van der Waals surface area (Å²) in [6.45, 7) is 15.1. The Hall–Kier alpha value is -1.91. The normalized spacial score (nSPS) is 28.8. The molecular formula is C25H35N3O. The van der Waals surface area contributed by atoms with Crippen LogP contribution in [0, 0.1) is 10.8 Å². The number of anilines is 1. The van der Waals surface area contributed by atoms with Gasteiger partial charge in [-0.1, -0.05) is 65.0 Å². The molecule has 2 aliphatic rings. The number of aryl methyl sites for hydroxylation is 1. The fourth-order valence-corrected chi connectivity index (χ4v) is 6.44. The van der Waals surface area contributed by atoms with Crippen LogP contribution in [0.5, 0.6) is 0 Å². The van der Waals surface area contributed by atoms with Gasteiger partial charge in [-0.15, -0.1) is 0 Å². The van der Waals surface area contributed by atoms with E-state index in [1.807, 2.05) is 12.3 Å². The Bertz CT molecular complexity index is 820. The highest BCUT2D eigenvalue weighted by Crippen LogP contribution is 2.68. The quantitative estimate of drug-likeness (QED) is 0.849. The summed E-state index contributed by atoms with van der Waals surface area (Å²) in [6.07, 6.45) is 2.89. The Labute approximate surface area is 175 Å². The van der Waals surface area contributed by atoms with Gasteiger partial charge in [0.1, 0.15) is 11.4 Å². The average Bonchev–Trinajstić information content (AvgIpc) is 2.74. The van der Waals surface area contributed by atoms with Gasteiger partial charge in [0.2, 0.25) is 0 Å². The van der Waals surface area contributed by atoms with Crippen LogP contribution >= 0.6 is 0 Å². The van der Waals surface area contributed by atoms with E-state index < -0.39 is 5.60 Å². The maximum Gasteiger partial charge on any atom is 0.128 e. The standard InChI is InChI=1S/C25H35N3O/c1-6-19-10-12-20(13-11-19)25(29)23(2,3)22(24(25,4)5)28-17-15-27(16-18-28)21-9-7-8-14-26-21/h7-14,22,29H,6,15-18H2,1-5H3. The van der Waals surface area contributed by atoms with Gasteiger partial charge in [-0.3, -0.25) is 4.90 Å². The van der Waals surface area contributed by atoms with Gasteiger partial charge >= 0.3 is 0 Å². The van der Waals surface area contributed by atoms with Crippen molar-refractivity contribution >= 4 is 5.82 Å². The first kappa shape index (κ1) is 20.4. The van der Waals surface area contributed by atoms with Crippen LogP contribution < -0.4 is 4.90 Å². The minimum Gasteiger partial charge on any atom is -0.384 e. The minimum atomic E-state index is -0.838. The maximum absolute atomic E-state index is 12.0. The van der Waals surface area contributed by atoms with Gasteiger partial charge in [-0.2, -0.15) is 0 Å². The van der Waals surface area contributed by atoms with E-state index in [0.29, 0.717) is 6.04 Å². The molecule has 0 bridgehead atoms. The monoisotopic (exact) mass is 393 g/mol. The van der Waals surface area contributed by atoms with Crippen LogP contribution in [-0.2, 0) is 12.0 Å². The molecule has 29 heavy (non-hydrogen) atoms. The SMILES string of the molecule is CCc1ccc(C2(O)C(C)(C)C(N3CCN(c4ccccn4)CC3)C2(C)C)cc1. The second-order valence-corrected chi connectivity index (χ2v) is 9.82. The number of aromatic nitrogens is 1. The van der Waals surface area contributed by atoms with Crippen LogP contribution in [0.3, 0.4) is 0 Å². The summed E-state index contributed by atoms with van der Waals surface area (Å²) >= 11 is 0. The van der Waals surface area contributed by atoms with Crippen molar-refractivity contribution in [1.29, 1.82) is 0 Å². The smallest absolute Gasteiger partial charge is 0.128 e. The van der Waals surface area contributed by atoms with Crippen molar-refractivity contribution in [2.45, 2.75) is 52.7 Å². The number of aliphatic hydroxyl groups is 1. The Morgan fingerprint density at radius 1 is 0.931 bits per heavy atom. The Balaban J connectivity index is 1.54. The Morgan fingerprint density at radius 3 is 2.07 bits per heavy atom. The lowest BCUT2D eigenvalue weighted by Gasteiger charge is -2.72. The molecule has 0 amide bonds. The lowest BCUT2D eigenvalue weighted by atomic mass is 9.39. The molecule has 1 saturated carbocycles. The largest absolute Gasteiger partial charge is 0.384 e. The highest BCUT2D eigenvalue weighted by molar-refractivity contribution is 5.40. The zero-order valence-electron chi connectivity index (χ0n) is 18.5. The molecule has 4 heteroatoms. The average molecular weight is 394 g/mol. The van der Waals surface area contributed by atoms with E-state index in [2.05, 4.69) is 85.8 Å². The van der Waals surface area contributed by atoms with Crippen molar-refractivity contribution < 1.29 is 5.11 Å². The summed E-state index contributed by atoms with van der Waals surface area (Å²) in [5.74, 6) is 1.06. The van der Waals surface area contributed by atoms with Gasteiger partial charge in [0.25, 0.3) is 0 Å². The molecule has 0 atom stereocenters. The van der Waals surface area contributed by atoms with Gasteiger partial charge in [-0.25, -0.2) is 4.98 Å². The van der Waals surface area contributed by atoms with Crippen LogP contribution in [0.2, 0.25) is 0 Å². The minimum absolute atomic E-state index is 0.225. The molecule has 1 aliphatic heterocycles. The molecule has 1 aromatic carbocycles. The first-order valence-corrected chi connectivity index (χ1v) is 11.0. The summed E-state index contributed by atoms with van der Waals surface area (Å²) in [5, 5.41) is 12.0. The zero-order chi connectivity index (χ0) is 20.9. The number of piperazine rings is 1. The van der Waals surface area contributed by atoms with Crippen LogP contribution in [-0.4, -0.2) is 47.2 Å².